The van der Waals surface area contributed by atoms with E-state index in [4.69, 9.17) is 9.84 Å². The predicted molar refractivity (Wildman–Crippen MR) is 171 cm³/mol. The first-order valence-electron chi connectivity index (χ1n) is 16.1. The number of alkyl halides is 2. The van der Waals surface area contributed by atoms with Gasteiger partial charge >= 0.3 is 5.92 Å². The molecule has 2 saturated heterocycles. The molecule has 3 aliphatic rings. The standard InChI is InChI=1S/C35H43F2N5O3/c1-22-7-5-10-30(24(22)3)45-26-14-12-25(13-15-26)21-35(36,37)34(44)42-19-17-41(18-20-42)29-9-6-8-27-31(39-40(4)32(27)29)28-16-11-23(2)38-33(28)43/h5-10,25-26,28H,2,11-21H2,1,3-4H3,(H,38,43). The number of hydrogen-bond donors (Lipinski definition) is 1. The second-order valence-corrected chi connectivity index (χ2v) is 13.0. The molecule has 3 aromatic rings. The van der Waals surface area contributed by atoms with E-state index in [0.29, 0.717) is 51.6 Å². The lowest BCUT2D eigenvalue weighted by Gasteiger charge is -2.38. The quantitative estimate of drug-likeness (QED) is 0.351. The number of allylic oxidation sites excluding steroid dienone is 1. The number of nitrogens with one attached hydrogen (secondary N) is 1. The molecule has 3 heterocycles. The molecular formula is C35H43F2N5O3. The van der Waals surface area contributed by atoms with E-state index >= 15 is 8.78 Å². The van der Waals surface area contributed by atoms with Crippen LogP contribution in [0.2, 0.25) is 0 Å². The summed E-state index contributed by atoms with van der Waals surface area (Å²) in [5.41, 5.74) is 5.56. The SMILES string of the molecule is C=C1CCC(c2nn(C)c3c(N4CCN(C(=O)C(F)(F)CC5CCC(Oc6cccc(C)c6C)CC5)CC4)cccc23)C(=O)N1. The van der Waals surface area contributed by atoms with E-state index in [2.05, 4.69) is 16.8 Å². The third-order valence-electron chi connectivity index (χ3n) is 9.96. The Labute approximate surface area is 263 Å². The Balaban J connectivity index is 1.05. The molecule has 2 aliphatic heterocycles. The average molecular weight is 620 g/mol. The highest BCUT2D eigenvalue weighted by molar-refractivity contribution is 5.97. The molecule has 1 aliphatic carbocycles. The normalized spacial score (nSPS) is 22.9. The van der Waals surface area contributed by atoms with Crippen molar-refractivity contribution in [3.8, 4) is 5.75 Å². The van der Waals surface area contributed by atoms with Crippen molar-refractivity contribution >= 4 is 28.4 Å². The van der Waals surface area contributed by atoms with Gasteiger partial charge in [0.2, 0.25) is 5.91 Å². The van der Waals surface area contributed by atoms with Crippen molar-refractivity contribution in [2.45, 2.75) is 76.7 Å². The van der Waals surface area contributed by atoms with Gasteiger partial charge in [-0.2, -0.15) is 13.9 Å². The largest absolute Gasteiger partial charge is 0.490 e. The van der Waals surface area contributed by atoms with Crippen LogP contribution in [0.25, 0.3) is 10.9 Å². The molecule has 1 atom stereocenters. The number of carbonyl (C=O) groups excluding carboxylic acids is 2. The van der Waals surface area contributed by atoms with Gasteiger partial charge < -0.3 is 19.9 Å². The summed E-state index contributed by atoms with van der Waals surface area (Å²) in [4.78, 5) is 29.2. The van der Waals surface area contributed by atoms with Gasteiger partial charge in [0.1, 0.15) is 5.75 Å². The van der Waals surface area contributed by atoms with Crippen LogP contribution in [0.15, 0.2) is 48.7 Å². The lowest BCUT2D eigenvalue weighted by molar-refractivity contribution is -0.160. The number of amides is 2. The van der Waals surface area contributed by atoms with Crippen LogP contribution >= 0.6 is 0 Å². The molecule has 1 unspecified atom stereocenters. The number of ether oxygens (including phenoxy) is 1. The van der Waals surface area contributed by atoms with Gasteiger partial charge in [0.25, 0.3) is 5.91 Å². The molecular weight excluding hydrogens is 576 g/mol. The number of hydrogen-bond acceptors (Lipinski definition) is 5. The van der Waals surface area contributed by atoms with Gasteiger partial charge in [0.05, 0.1) is 28.9 Å². The highest BCUT2D eigenvalue weighted by atomic mass is 19.3. The minimum Gasteiger partial charge on any atom is -0.490 e. The van der Waals surface area contributed by atoms with E-state index in [0.717, 1.165) is 39.3 Å². The summed E-state index contributed by atoms with van der Waals surface area (Å²) < 4.78 is 38.7. The van der Waals surface area contributed by atoms with Crippen molar-refractivity contribution in [1.29, 1.82) is 0 Å². The Kier molecular flexibility index (Phi) is 8.59. The molecule has 6 rings (SSSR count). The highest BCUT2D eigenvalue weighted by Gasteiger charge is 2.45. The second-order valence-electron chi connectivity index (χ2n) is 13.0. The second kappa shape index (κ2) is 12.4. The number of piperidine rings is 1. The number of fused-ring (bicyclic) bond motifs is 1. The van der Waals surface area contributed by atoms with E-state index in [1.165, 1.54) is 10.5 Å². The van der Waals surface area contributed by atoms with Crippen LogP contribution in [0.5, 0.6) is 5.75 Å². The molecule has 3 fully saturated rings. The number of carbonyl (C=O) groups is 2. The molecule has 0 bridgehead atoms. The Morgan fingerprint density at radius 3 is 2.47 bits per heavy atom. The monoisotopic (exact) mass is 619 g/mol. The maximum absolute atomic E-state index is 15.4. The van der Waals surface area contributed by atoms with Crippen molar-refractivity contribution in [3.05, 3.63) is 65.5 Å². The molecule has 2 aromatic carbocycles. The zero-order valence-electron chi connectivity index (χ0n) is 26.5. The van der Waals surface area contributed by atoms with E-state index in [9.17, 15) is 9.59 Å². The number of nitrogens with zero attached hydrogens (tertiary/aromatic N) is 4. The first-order chi connectivity index (χ1) is 21.5. The first kappa shape index (κ1) is 31.0. The molecule has 45 heavy (non-hydrogen) atoms. The highest BCUT2D eigenvalue weighted by Crippen LogP contribution is 2.38. The summed E-state index contributed by atoms with van der Waals surface area (Å²) in [5.74, 6) is -4.25. The minimum atomic E-state index is -3.39. The minimum absolute atomic E-state index is 0.0129. The zero-order valence-corrected chi connectivity index (χ0v) is 26.5. The van der Waals surface area contributed by atoms with Crippen molar-refractivity contribution in [2.75, 3.05) is 31.1 Å². The van der Waals surface area contributed by atoms with Gasteiger partial charge in [0, 0.05) is 50.7 Å². The van der Waals surface area contributed by atoms with E-state index < -0.39 is 18.3 Å². The summed E-state index contributed by atoms with van der Waals surface area (Å²) >= 11 is 0. The molecule has 0 spiro atoms. The molecule has 8 nitrogen and oxygen atoms in total. The van der Waals surface area contributed by atoms with Crippen molar-refractivity contribution in [2.24, 2.45) is 13.0 Å². The van der Waals surface area contributed by atoms with E-state index in [-0.39, 0.29) is 36.9 Å². The van der Waals surface area contributed by atoms with Crippen LogP contribution in [-0.2, 0) is 16.6 Å². The molecule has 240 valence electrons. The van der Waals surface area contributed by atoms with Gasteiger partial charge in [-0.3, -0.25) is 14.3 Å². The van der Waals surface area contributed by atoms with Crippen molar-refractivity contribution in [3.63, 3.8) is 0 Å². The van der Waals surface area contributed by atoms with Gasteiger partial charge in [0.15, 0.2) is 0 Å². The van der Waals surface area contributed by atoms with Gasteiger partial charge in [-0.1, -0.05) is 30.8 Å². The van der Waals surface area contributed by atoms with Crippen LogP contribution < -0.4 is 15.0 Å². The molecule has 2 amide bonds. The van der Waals surface area contributed by atoms with Gasteiger partial charge in [-0.25, -0.2) is 0 Å². The zero-order chi connectivity index (χ0) is 31.9. The Bertz CT molecular complexity index is 1600. The topological polar surface area (TPSA) is 79.7 Å². The van der Waals surface area contributed by atoms with Crippen LogP contribution in [-0.4, -0.2) is 64.7 Å². The number of aromatic nitrogens is 2. The number of aryl methyl sites for hydroxylation is 2. The summed E-state index contributed by atoms with van der Waals surface area (Å²) in [6.45, 7) is 9.27. The Hall–Kier alpha value is -3.95. The number of benzene rings is 2. The number of anilines is 1. The Morgan fingerprint density at radius 1 is 1.04 bits per heavy atom. The fourth-order valence-corrected chi connectivity index (χ4v) is 7.21. The summed E-state index contributed by atoms with van der Waals surface area (Å²) in [6, 6.07) is 11.9. The molecule has 0 radical (unpaired) electrons. The lowest BCUT2D eigenvalue weighted by Crippen LogP contribution is -2.53. The predicted octanol–water partition coefficient (Wildman–Crippen LogP) is 6.01. The first-order valence-corrected chi connectivity index (χ1v) is 16.1. The number of piperazine rings is 1. The summed E-state index contributed by atoms with van der Waals surface area (Å²) in [7, 11) is 1.86. The van der Waals surface area contributed by atoms with Gasteiger partial charge in [-0.15, -0.1) is 0 Å². The third kappa shape index (κ3) is 6.29. The van der Waals surface area contributed by atoms with E-state index in [1.54, 1.807) is 4.68 Å². The van der Waals surface area contributed by atoms with Gasteiger partial charge in [-0.05, 0) is 81.5 Å². The number of halogens is 2. The maximum atomic E-state index is 15.4. The maximum Gasteiger partial charge on any atom is 0.325 e. The van der Waals surface area contributed by atoms with Crippen molar-refractivity contribution in [1.82, 2.24) is 20.0 Å². The van der Waals surface area contributed by atoms with E-state index in [1.807, 2.05) is 57.3 Å². The summed E-state index contributed by atoms with van der Waals surface area (Å²) in [5, 5.41) is 8.49. The van der Waals surface area contributed by atoms with Crippen LogP contribution in [0.1, 0.15) is 67.7 Å². The smallest absolute Gasteiger partial charge is 0.325 e. The Morgan fingerprint density at radius 2 is 1.76 bits per heavy atom. The average Bonchev–Trinajstić information content (AvgIpc) is 3.36. The van der Waals surface area contributed by atoms with Crippen LogP contribution in [0, 0.1) is 19.8 Å². The fourth-order valence-electron chi connectivity index (χ4n) is 7.21. The molecule has 1 N–H and O–H groups in total. The molecule has 10 heteroatoms. The molecule has 1 saturated carbocycles. The molecule has 1 aromatic heterocycles. The van der Waals surface area contributed by atoms with Crippen LogP contribution in [0.4, 0.5) is 14.5 Å². The number of rotatable bonds is 7. The third-order valence-corrected chi connectivity index (χ3v) is 9.96. The fraction of sp³-hybridized carbons (Fsp3) is 0.514. The van der Waals surface area contributed by atoms with Crippen LogP contribution in [0.3, 0.4) is 0 Å². The summed E-state index contributed by atoms with van der Waals surface area (Å²) in [6.07, 6.45) is 3.63. The van der Waals surface area contributed by atoms with Crippen molar-refractivity contribution < 1.29 is 23.1 Å². The lowest BCUT2D eigenvalue weighted by atomic mass is 9.83. The number of para-hydroxylation sites is 1.